The molecular weight excluding hydrogens is 548 g/mol. The number of methoxy groups -OCH3 is 1. The second-order valence-electron chi connectivity index (χ2n) is 10.7. The van der Waals surface area contributed by atoms with Gasteiger partial charge in [-0.3, -0.25) is 24.5 Å². The number of hydrogen-bond acceptors (Lipinski definition) is 7. The minimum absolute atomic E-state index is 0.0596. The van der Waals surface area contributed by atoms with Gasteiger partial charge in [-0.15, -0.1) is 0 Å². The van der Waals surface area contributed by atoms with Gasteiger partial charge in [0.05, 0.1) is 35.0 Å². The molecule has 0 saturated carbocycles. The van der Waals surface area contributed by atoms with Crippen LogP contribution in [0.1, 0.15) is 38.5 Å². The second-order valence-corrected chi connectivity index (χ2v) is 10.7. The van der Waals surface area contributed by atoms with Crippen LogP contribution in [-0.2, 0) is 15.0 Å². The maximum atomic E-state index is 14.5. The summed E-state index contributed by atoms with van der Waals surface area (Å²) in [4.78, 5) is 53.7. The number of amides is 3. The van der Waals surface area contributed by atoms with Gasteiger partial charge in [0, 0.05) is 29.8 Å². The molecule has 4 aromatic rings. The maximum absolute atomic E-state index is 14.5. The van der Waals surface area contributed by atoms with Gasteiger partial charge in [-0.1, -0.05) is 66.7 Å². The first-order valence-electron chi connectivity index (χ1n) is 13.7. The highest BCUT2D eigenvalue weighted by molar-refractivity contribution is 6.25. The molecule has 0 spiro atoms. The van der Waals surface area contributed by atoms with Crippen LogP contribution in [0.2, 0.25) is 0 Å². The van der Waals surface area contributed by atoms with Gasteiger partial charge in [0.25, 0.3) is 11.6 Å². The lowest BCUT2D eigenvalue weighted by Crippen LogP contribution is -2.54. The molecule has 1 fully saturated rings. The van der Waals surface area contributed by atoms with Crippen LogP contribution < -0.4 is 15.1 Å². The predicted molar refractivity (Wildman–Crippen MR) is 157 cm³/mol. The summed E-state index contributed by atoms with van der Waals surface area (Å²) in [7, 11) is 1.49. The van der Waals surface area contributed by atoms with Gasteiger partial charge in [-0.25, -0.2) is 10.3 Å². The smallest absolute Gasteiger partial charge is 0.271 e. The third-order valence-electron chi connectivity index (χ3n) is 8.76. The summed E-state index contributed by atoms with van der Waals surface area (Å²) in [5, 5.41) is 15.6. The first kappa shape index (κ1) is 26.3. The molecule has 2 bridgehead atoms. The van der Waals surface area contributed by atoms with E-state index in [1.165, 1.54) is 36.3 Å². The largest absolute Gasteiger partial charge is 0.495 e. The van der Waals surface area contributed by atoms with E-state index in [4.69, 9.17) is 4.74 Å². The zero-order valence-corrected chi connectivity index (χ0v) is 22.8. The predicted octanol–water partition coefficient (Wildman–Crippen LogP) is 4.57. The number of imide groups is 1. The number of para-hydroxylation sites is 2. The van der Waals surface area contributed by atoms with E-state index in [0.29, 0.717) is 11.4 Å². The first-order chi connectivity index (χ1) is 20.9. The quantitative estimate of drug-likeness (QED) is 0.156. The van der Waals surface area contributed by atoms with Crippen molar-refractivity contribution < 1.29 is 24.0 Å². The molecule has 8 rings (SSSR count). The van der Waals surface area contributed by atoms with E-state index in [9.17, 15) is 24.5 Å². The van der Waals surface area contributed by atoms with Gasteiger partial charge >= 0.3 is 0 Å². The lowest BCUT2D eigenvalue weighted by Gasteiger charge is -2.52. The van der Waals surface area contributed by atoms with Crippen molar-refractivity contribution in [2.24, 2.45) is 16.9 Å². The van der Waals surface area contributed by atoms with E-state index in [1.54, 1.807) is 30.5 Å². The molecule has 3 aliphatic carbocycles. The van der Waals surface area contributed by atoms with Crippen molar-refractivity contribution in [3.63, 3.8) is 0 Å². The lowest BCUT2D eigenvalue weighted by molar-refractivity contribution is -0.384. The number of rotatable bonds is 6. The van der Waals surface area contributed by atoms with Crippen LogP contribution >= 0.6 is 0 Å². The van der Waals surface area contributed by atoms with Crippen molar-refractivity contribution in [2.75, 3.05) is 12.0 Å². The minimum atomic E-state index is -1.19. The number of carbonyl (C=O) groups excluding carboxylic acids is 3. The maximum Gasteiger partial charge on any atom is 0.271 e. The number of anilines is 1. The zero-order valence-electron chi connectivity index (χ0n) is 22.8. The fourth-order valence-corrected chi connectivity index (χ4v) is 7.12. The Labute approximate surface area is 245 Å². The standard InChI is InChI=1S/C33H24N4O6/c1-43-26-16-7-6-15-25(26)36-31(39)28-27-21-11-2-4-13-23(21)33(29(28)32(36)40,24-14-5-3-12-22(24)27)18-34-35-30(38)19-9-8-10-20(17-19)37(41)42/h2-18,27-29H,1H3,(H,35,38)/b34-18-/t27?,28-,29+,33?/m1/s1. The van der Waals surface area contributed by atoms with Crippen LogP contribution in [0.5, 0.6) is 5.75 Å². The van der Waals surface area contributed by atoms with Crippen LogP contribution in [0.4, 0.5) is 11.4 Å². The molecule has 1 saturated heterocycles. The van der Waals surface area contributed by atoms with Crippen LogP contribution in [0.15, 0.2) is 102 Å². The number of non-ortho nitro benzene ring substituents is 1. The molecule has 3 amide bonds. The van der Waals surface area contributed by atoms with Crippen molar-refractivity contribution in [1.29, 1.82) is 0 Å². The molecule has 10 heteroatoms. The average Bonchev–Trinajstić information content (AvgIpc) is 3.31. The van der Waals surface area contributed by atoms with Gasteiger partial charge in [0.15, 0.2) is 0 Å². The summed E-state index contributed by atoms with van der Waals surface area (Å²) in [5.74, 6) is -2.89. The Hall–Kier alpha value is -5.64. The number of hydrogen-bond donors (Lipinski definition) is 1. The summed E-state index contributed by atoms with van der Waals surface area (Å²) < 4.78 is 5.52. The molecule has 43 heavy (non-hydrogen) atoms. The third kappa shape index (κ3) is 3.66. The number of nitrogens with zero attached hydrogens (tertiary/aromatic N) is 3. The molecular formula is C33H24N4O6. The molecule has 212 valence electrons. The molecule has 1 heterocycles. The SMILES string of the molecule is COc1ccccc1N1C(=O)[C@@H]2C3c4ccccc4C(/C=N\NC(=O)c4cccc([N+](=O)[O-])c4)(c4ccccc43)[C@@H]2C1=O. The first-order valence-corrected chi connectivity index (χ1v) is 13.7. The fourth-order valence-electron chi connectivity index (χ4n) is 7.12. The Kier molecular flexibility index (Phi) is 5.94. The van der Waals surface area contributed by atoms with E-state index < -0.39 is 28.1 Å². The van der Waals surface area contributed by atoms with Gasteiger partial charge in [-0.05, 0) is 40.5 Å². The van der Waals surface area contributed by atoms with Crippen molar-refractivity contribution >= 4 is 35.3 Å². The Morgan fingerprint density at radius 2 is 1.58 bits per heavy atom. The zero-order chi connectivity index (χ0) is 29.9. The van der Waals surface area contributed by atoms with E-state index in [0.717, 1.165) is 22.3 Å². The van der Waals surface area contributed by atoms with Crippen molar-refractivity contribution in [3.05, 3.63) is 135 Å². The van der Waals surface area contributed by atoms with Crippen molar-refractivity contribution in [2.45, 2.75) is 11.3 Å². The number of nitro groups is 1. The molecule has 10 nitrogen and oxygen atoms in total. The minimum Gasteiger partial charge on any atom is -0.495 e. The number of hydrazone groups is 1. The molecule has 4 aliphatic rings. The summed E-state index contributed by atoms with van der Waals surface area (Å²) in [6, 6.07) is 27.6. The van der Waals surface area contributed by atoms with E-state index in [2.05, 4.69) is 10.5 Å². The molecule has 1 aliphatic heterocycles. The summed E-state index contributed by atoms with van der Waals surface area (Å²) in [6.07, 6.45) is 1.55. The van der Waals surface area contributed by atoms with Crippen molar-refractivity contribution in [3.8, 4) is 5.75 Å². The van der Waals surface area contributed by atoms with Gasteiger partial charge in [-0.2, -0.15) is 5.10 Å². The Bertz CT molecular complexity index is 1840. The number of nitrogens with one attached hydrogen (secondary N) is 1. The number of carbonyl (C=O) groups is 3. The highest BCUT2D eigenvalue weighted by atomic mass is 16.6. The summed E-state index contributed by atoms with van der Waals surface area (Å²) >= 11 is 0. The lowest BCUT2D eigenvalue weighted by atomic mass is 9.47. The molecule has 0 unspecified atom stereocenters. The van der Waals surface area contributed by atoms with Crippen LogP contribution in [0, 0.1) is 22.0 Å². The normalized spacial score (nSPS) is 23.1. The van der Waals surface area contributed by atoms with Gasteiger partial charge < -0.3 is 4.74 Å². The number of benzene rings is 4. The highest BCUT2D eigenvalue weighted by Gasteiger charge is 2.68. The molecule has 0 aromatic heterocycles. The van der Waals surface area contributed by atoms with E-state index in [-0.39, 0.29) is 29.0 Å². The molecule has 4 aromatic carbocycles. The Balaban J connectivity index is 1.38. The van der Waals surface area contributed by atoms with Gasteiger partial charge in [0.1, 0.15) is 5.75 Å². The number of ether oxygens (including phenoxy) is 1. The Morgan fingerprint density at radius 1 is 0.930 bits per heavy atom. The second kappa shape index (κ2) is 9.73. The van der Waals surface area contributed by atoms with Crippen LogP contribution in [-0.4, -0.2) is 36.0 Å². The fraction of sp³-hybridized carbons (Fsp3) is 0.152. The van der Waals surface area contributed by atoms with Gasteiger partial charge in [0.2, 0.25) is 11.8 Å². The van der Waals surface area contributed by atoms with E-state index >= 15 is 0 Å². The molecule has 1 N–H and O–H groups in total. The van der Waals surface area contributed by atoms with Crippen LogP contribution in [0.25, 0.3) is 0 Å². The number of nitro benzene ring substituents is 1. The van der Waals surface area contributed by atoms with Crippen molar-refractivity contribution in [1.82, 2.24) is 5.43 Å². The molecule has 2 atom stereocenters. The highest BCUT2D eigenvalue weighted by Crippen LogP contribution is 2.63. The Morgan fingerprint density at radius 3 is 2.26 bits per heavy atom. The average molecular weight is 573 g/mol. The third-order valence-corrected chi connectivity index (χ3v) is 8.76. The topological polar surface area (TPSA) is 131 Å². The van der Waals surface area contributed by atoms with E-state index in [1.807, 2.05) is 48.5 Å². The summed E-state index contributed by atoms with van der Waals surface area (Å²) in [5.41, 5.74) is 5.01. The molecule has 0 radical (unpaired) electrons. The monoisotopic (exact) mass is 572 g/mol. The van der Waals surface area contributed by atoms with Crippen LogP contribution in [0.3, 0.4) is 0 Å². The summed E-state index contributed by atoms with van der Waals surface area (Å²) in [6.45, 7) is 0.